The molecule has 148 valence electrons. The van der Waals surface area contributed by atoms with E-state index >= 15 is 0 Å². The Morgan fingerprint density at radius 2 is 1.79 bits per heavy atom. The van der Waals surface area contributed by atoms with Gasteiger partial charge in [-0.05, 0) is 48.0 Å². The lowest BCUT2D eigenvalue weighted by molar-refractivity contribution is -0.136. The standard InChI is InChI=1S/C18H13BrClF4N3O/c19-13-7-11(8-15(21)9-13)10-27-17(28)26(6-5-18(22,23)24)16(25-27)12-1-3-14(20)4-2-12/h1-4,7-9H,5-6,10H2. The van der Waals surface area contributed by atoms with Crippen molar-refractivity contribution in [3.05, 3.63) is 73.8 Å². The minimum atomic E-state index is -4.42. The molecule has 0 aliphatic heterocycles. The summed E-state index contributed by atoms with van der Waals surface area (Å²) >= 11 is 9.01. The van der Waals surface area contributed by atoms with Gasteiger partial charge in [-0.25, -0.2) is 13.9 Å². The number of hydrogen-bond acceptors (Lipinski definition) is 2. The maximum Gasteiger partial charge on any atom is 0.390 e. The van der Waals surface area contributed by atoms with Gasteiger partial charge in [0.25, 0.3) is 0 Å². The molecule has 3 rings (SSSR count). The van der Waals surface area contributed by atoms with Crippen LogP contribution in [0.2, 0.25) is 5.02 Å². The normalized spacial score (nSPS) is 11.8. The number of hydrogen-bond donors (Lipinski definition) is 0. The predicted molar refractivity (Wildman–Crippen MR) is 101 cm³/mol. The lowest BCUT2D eigenvalue weighted by atomic mass is 10.2. The molecule has 0 spiro atoms. The van der Waals surface area contributed by atoms with Gasteiger partial charge in [0, 0.05) is 21.6 Å². The minimum absolute atomic E-state index is 0.0846. The van der Waals surface area contributed by atoms with Crippen molar-refractivity contribution in [2.24, 2.45) is 0 Å². The average molecular weight is 479 g/mol. The van der Waals surface area contributed by atoms with E-state index in [1.165, 1.54) is 12.1 Å². The largest absolute Gasteiger partial charge is 0.390 e. The van der Waals surface area contributed by atoms with Crippen LogP contribution in [0.4, 0.5) is 17.6 Å². The lowest BCUT2D eigenvalue weighted by Crippen LogP contribution is -2.27. The van der Waals surface area contributed by atoms with Crippen LogP contribution in [-0.4, -0.2) is 20.5 Å². The second-order valence-corrected chi connectivity index (χ2v) is 7.42. The number of halogens is 6. The average Bonchev–Trinajstić information content (AvgIpc) is 2.88. The maximum atomic E-state index is 13.6. The lowest BCUT2D eigenvalue weighted by Gasteiger charge is -2.08. The highest BCUT2D eigenvalue weighted by atomic mass is 79.9. The second kappa shape index (κ2) is 8.08. The van der Waals surface area contributed by atoms with Gasteiger partial charge < -0.3 is 0 Å². The Hall–Kier alpha value is -2.13. The molecule has 3 aromatic rings. The third-order valence-corrected chi connectivity index (χ3v) is 4.61. The molecule has 0 atom stereocenters. The number of benzene rings is 2. The van der Waals surface area contributed by atoms with Crippen molar-refractivity contribution in [2.45, 2.75) is 25.7 Å². The Balaban J connectivity index is 2.03. The molecule has 4 nitrogen and oxygen atoms in total. The zero-order valence-corrected chi connectivity index (χ0v) is 16.5. The molecule has 0 radical (unpaired) electrons. The van der Waals surface area contributed by atoms with Gasteiger partial charge in [0.05, 0.1) is 13.0 Å². The third-order valence-electron chi connectivity index (χ3n) is 3.90. The van der Waals surface area contributed by atoms with Gasteiger partial charge in [0.1, 0.15) is 5.82 Å². The number of nitrogens with zero attached hydrogens (tertiary/aromatic N) is 3. The molecule has 1 aromatic heterocycles. The van der Waals surface area contributed by atoms with Crippen molar-refractivity contribution < 1.29 is 17.6 Å². The summed E-state index contributed by atoms with van der Waals surface area (Å²) in [6.45, 7) is -0.665. The van der Waals surface area contributed by atoms with E-state index < -0.39 is 30.6 Å². The van der Waals surface area contributed by atoms with Gasteiger partial charge in [-0.1, -0.05) is 27.5 Å². The fourth-order valence-electron chi connectivity index (χ4n) is 2.67. The quantitative estimate of drug-likeness (QED) is 0.469. The van der Waals surface area contributed by atoms with Crippen LogP contribution in [0.3, 0.4) is 0 Å². The van der Waals surface area contributed by atoms with Gasteiger partial charge in [-0.15, -0.1) is 5.10 Å². The van der Waals surface area contributed by atoms with Crippen molar-refractivity contribution in [3.8, 4) is 11.4 Å². The third kappa shape index (κ3) is 5.02. The van der Waals surface area contributed by atoms with Crippen molar-refractivity contribution >= 4 is 27.5 Å². The van der Waals surface area contributed by atoms with Gasteiger partial charge in [0.2, 0.25) is 0 Å². The molecule has 0 bridgehead atoms. The Morgan fingerprint density at radius 3 is 2.39 bits per heavy atom. The first-order valence-corrected chi connectivity index (χ1v) is 9.25. The van der Waals surface area contributed by atoms with Crippen LogP contribution < -0.4 is 5.69 Å². The van der Waals surface area contributed by atoms with Crippen LogP contribution in [0, 0.1) is 5.82 Å². The summed E-state index contributed by atoms with van der Waals surface area (Å²) in [5, 5.41) is 4.63. The molecule has 0 N–H and O–H groups in total. The molecule has 0 amide bonds. The zero-order valence-electron chi connectivity index (χ0n) is 14.2. The summed E-state index contributed by atoms with van der Waals surface area (Å²) in [6.07, 6.45) is -5.60. The zero-order chi connectivity index (χ0) is 20.5. The molecule has 0 fully saturated rings. The summed E-state index contributed by atoms with van der Waals surface area (Å²) in [5.41, 5.74) is 0.175. The summed E-state index contributed by atoms with van der Waals surface area (Å²) in [6, 6.07) is 10.3. The molecule has 2 aromatic carbocycles. The molecule has 0 unspecified atom stereocenters. The molecule has 0 saturated carbocycles. The van der Waals surface area contributed by atoms with E-state index in [9.17, 15) is 22.4 Å². The minimum Gasteiger partial charge on any atom is -0.275 e. The number of rotatable bonds is 5. The smallest absolute Gasteiger partial charge is 0.275 e. The fraction of sp³-hybridized carbons (Fsp3) is 0.222. The second-order valence-electron chi connectivity index (χ2n) is 6.07. The van der Waals surface area contributed by atoms with Crippen molar-refractivity contribution in [1.82, 2.24) is 14.3 Å². The highest BCUT2D eigenvalue weighted by Crippen LogP contribution is 2.23. The summed E-state index contributed by atoms with van der Waals surface area (Å²) in [4.78, 5) is 12.7. The fourth-order valence-corrected chi connectivity index (χ4v) is 3.31. The van der Waals surface area contributed by atoms with E-state index in [0.717, 1.165) is 9.25 Å². The highest BCUT2D eigenvalue weighted by molar-refractivity contribution is 9.10. The summed E-state index contributed by atoms with van der Waals surface area (Å²) < 4.78 is 54.1. The molecule has 10 heteroatoms. The van der Waals surface area contributed by atoms with Crippen LogP contribution in [-0.2, 0) is 13.1 Å². The topological polar surface area (TPSA) is 39.8 Å². The van der Waals surface area contributed by atoms with Gasteiger partial charge in [-0.2, -0.15) is 13.2 Å². The van der Waals surface area contributed by atoms with Crippen LogP contribution in [0.15, 0.2) is 51.7 Å². The first kappa shape index (κ1) is 20.6. The molecule has 0 aliphatic carbocycles. The first-order chi connectivity index (χ1) is 13.1. The Labute approximate surface area is 170 Å². The molecular weight excluding hydrogens is 466 g/mol. The Morgan fingerprint density at radius 1 is 1.11 bits per heavy atom. The van der Waals surface area contributed by atoms with E-state index in [4.69, 9.17) is 11.6 Å². The first-order valence-electron chi connectivity index (χ1n) is 8.08. The predicted octanol–water partition coefficient (Wildman–Crippen LogP) is 5.27. The van der Waals surface area contributed by atoms with Gasteiger partial charge >= 0.3 is 11.9 Å². The Kier molecular flexibility index (Phi) is 5.95. The summed E-state index contributed by atoms with van der Waals surface area (Å²) in [5.74, 6) is -0.423. The van der Waals surface area contributed by atoms with Crippen molar-refractivity contribution in [3.63, 3.8) is 0 Å². The molecule has 0 aliphatic rings. The van der Waals surface area contributed by atoms with E-state index in [2.05, 4.69) is 21.0 Å². The monoisotopic (exact) mass is 477 g/mol. The van der Waals surface area contributed by atoms with E-state index in [-0.39, 0.29) is 12.4 Å². The van der Waals surface area contributed by atoms with Crippen molar-refractivity contribution in [1.29, 1.82) is 0 Å². The van der Waals surface area contributed by atoms with Crippen LogP contribution in [0.25, 0.3) is 11.4 Å². The maximum absolute atomic E-state index is 13.6. The van der Waals surface area contributed by atoms with Crippen LogP contribution >= 0.6 is 27.5 Å². The summed E-state index contributed by atoms with van der Waals surface area (Å²) in [7, 11) is 0. The van der Waals surface area contributed by atoms with E-state index in [1.54, 1.807) is 30.3 Å². The molecule has 1 heterocycles. The van der Waals surface area contributed by atoms with Crippen LogP contribution in [0.5, 0.6) is 0 Å². The van der Waals surface area contributed by atoms with E-state index in [1.807, 2.05) is 0 Å². The van der Waals surface area contributed by atoms with Gasteiger partial charge in [-0.3, -0.25) is 4.57 Å². The van der Waals surface area contributed by atoms with Crippen LogP contribution in [0.1, 0.15) is 12.0 Å². The molecule has 28 heavy (non-hydrogen) atoms. The SMILES string of the molecule is O=c1n(Cc2cc(F)cc(Br)c2)nc(-c2ccc(Cl)cc2)n1CCC(F)(F)F. The molecule has 0 saturated heterocycles. The number of aromatic nitrogens is 3. The molecular formula is C18H13BrClF4N3O. The van der Waals surface area contributed by atoms with Crippen molar-refractivity contribution in [2.75, 3.05) is 0 Å². The van der Waals surface area contributed by atoms with Gasteiger partial charge in [0.15, 0.2) is 5.82 Å². The Bertz CT molecular complexity index is 1020. The number of alkyl halides is 3. The van der Waals surface area contributed by atoms with E-state index in [0.29, 0.717) is 20.6 Å². The highest BCUT2D eigenvalue weighted by Gasteiger charge is 2.28.